The summed E-state index contributed by atoms with van der Waals surface area (Å²) in [7, 11) is 0. The van der Waals surface area contributed by atoms with Gasteiger partial charge in [-0.1, -0.05) is 68.5 Å². The van der Waals surface area contributed by atoms with Crippen molar-refractivity contribution in [2.45, 2.75) is 57.9 Å². The molecule has 5 nitrogen and oxygen atoms in total. The number of piperazine rings is 1. The summed E-state index contributed by atoms with van der Waals surface area (Å²) in [6, 6.07) is 16.0. The molecule has 2 amide bonds. The van der Waals surface area contributed by atoms with Crippen LogP contribution in [0.4, 0.5) is 13.6 Å². The van der Waals surface area contributed by atoms with Crippen LogP contribution in [-0.4, -0.2) is 58.5 Å². The van der Waals surface area contributed by atoms with E-state index in [1.807, 2.05) is 38.1 Å². The van der Waals surface area contributed by atoms with Crippen molar-refractivity contribution in [3.8, 4) is 11.1 Å². The molecule has 200 valence electrons. The molecule has 7 heteroatoms. The Hall–Kier alpha value is -3.48. The minimum absolute atomic E-state index is 0.0185. The van der Waals surface area contributed by atoms with Crippen LogP contribution in [0, 0.1) is 5.41 Å². The molecule has 2 aromatic carbocycles. The second-order valence-electron chi connectivity index (χ2n) is 11.3. The Morgan fingerprint density at radius 3 is 2.21 bits per heavy atom. The van der Waals surface area contributed by atoms with Crippen molar-refractivity contribution in [2.24, 2.45) is 5.41 Å². The van der Waals surface area contributed by atoms with Gasteiger partial charge < -0.3 is 14.9 Å². The lowest BCUT2D eigenvalue weighted by atomic mass is 9.71. The number of carbonyl (C=O) groups excluding carboxylic acids is 1. The Labute approximate surface area is 222 Å². The van der Waals surface area contributed by atoms with Crippen LogP contribution < -0.4 is 0 Å². The summed E-state index contributed by atoms with van der Waals surface area (Å²) in [6.45, 7) is 6.03. The van der Waals surface area contributed by atoms with Crippen molar-refractivity contribution in [2.75, 3.05) is 19.6 Å². The Kier molecular flexibility index (Phi) is 6.66. The molecule has 38 heavy (non-hydrogen) atoms. The van der Waals surface area contributed by atoms with E-state index in [0.717, 1.165) is 11.1 Å². The van der Waals surface area contributed by atoms with Crippen LogP contribution in [-0.2, 0) is 4.79 Å². The Balaban J connectivity index is 1.38. The van der Waals surface area contributed by atoms with Gasteiger partial charge in [0.25, 0.3) is 5.92 Å². The van der Waals surface area contributed by atoms with Gasteiger partial charge in [0.1, 0.15) is 0 Å². The first-order valence-corrected chi connectivity index (χ1v) is 13.2. The van der Waals surface area contributed by atoms with E-state index >= 15 is 0 Å². The largest absolute Gasteiger partial charge is 0.465 e. The number of carbonyl (C=O) groups is 2. The lowest BCUT2D eigenvalue weighted by Gasteiger charge is -2.41. The van der Waals surface area contributed by atoms with Crippen molar-refractivity contribution >= 4 is 12.0 Å². The van der Waals surface area contributed by atoms with E-state index in [1.165, 1.54) is 29.0 Å². The second kappa shape index (κ2) is 9.68. The number of benzene rings is 2. The summed E-state index contributed by atoms with van der Waals surface area (Å²) in [6.07, 6.45) is 2.64. The maximum atomic E-state index is 14.4. The van der Waals surface area contributed by atoms with E-state index in [2.05, 4.69) is 24.3 Å². The highest BCUT2D eigenvalue weighted by molar-refractivity contribution is 5.88. The van der Waals surface area contributed by atoms with Gasteiger partial charge in [0.2, 0.25) is 5.91 Å². The molecule has 2 aliphatic carbocycles. The first-order chi connectivity index (χ1) is 18.0. The maximum Gasteiger partial charge on any atom is 0.407 e. The Morgan fingerprint density at radius 2 is 1.61 bits per heavy atom. The average molecular weight is 521 g/mol. The van der Waals surface area contributed by atoms with Crippen LogP contribution >= 0.6 is 0 Å². The van der Waals surface area contributed by atoms with Crippen LogP contribution in [0.25, 0.3) is 11.1 Å². The Bertz CT molecular complexity index is 1280. The first-order valence-electron chi connectivity index (χ1n) is 13.2. The normalized spacial score (nSPS) is 22.5. The molecule has 3 aliphatic rings. The van der Waals surface area contributed by atoms with Crippen molar-refractivity contribution in [3.05, 3.63) is 83.0 Å². The molecule has 0 saturated carbocycles. The molecule has 1 saturated heterocycles. The van der Waals surface area contributed by atoms with Crippen molar-refractivity contribution < 1.29 is 23.5 Å². The average Bonchev–Trinajstić information content (AvgIpc) is 3.20. The van der Waals surface area contributed by atoms with Crippen molar-refractivity contribution in [1.29, 1.82) is 0 Å². The van der Waals surface area contributed by atoms with Gasteiger partial charge in [0.05, 0.1) is 6.04 Å². The number of halogens is 2. The first kappa shape index (κ1) is 26.1. The molecule has 1 aliphatic heterocycles. The van der Waals surface area contributed by atoms with E-state index in [1.54, 1.807) is 11.0 Å². The number of nitrogens with zero attached hydrogens (tertiary/aromatic N) is 2. The molecule has 0 spiro atoms. The molecule has 0 aromatic heterocycles. The van der Waals surface area contributed by atoms with Gasteiger partial charge in [-0.15, -0.1) is 0 Å². The number of carboxylic acid groups (broad SMARTS) is 1. The fourth-order valence-electron chi connectivity index (χ4n) is 6.40. The monoisotopic (exact) mass is 520 g/mol. The van der Waals surface area contributed by atoms with Gasteiger partial charge in [-0.25, -0.2) is 13.6 Å². The van der Waals surface area contributed by atoms with Crippen molar-refractivity contribution in [3.63, 3.8) is 0 Å². The van der Waals surface area contributed by atoms with Gasteiger partial charge in [-0.05, 0) is 58.6 Å². The van der Waals surface area contributed by atoms with E-state index in [0.29, 0.717) is 18.4 Å². The van der Waals surface area contributed by atoms with Crippen LogP contribution in [0.3, 0.4) is 0 Å². The third-order valence-corrected chi connectivity index (χ3v) is 8.65. The maximum absolute atomic E-state index is 14.4. The number of fused-ring (bicyclic) bond motifs is 3. The standard InChI is InChI=1S/C31H34F2N2O3/c1-20-27(30(2,3)14-15-31(20,32)33)12-13-28(36)34-16-17-35(29(37)38)21(19-34)18-26-24-10-6-4-8-22(24)23-9-5-7-11-25(23)26/h4-13,21,26H,14-19H2,1-3H3,(H,37,38). The topological polar surface area (TPSA) is 60.9 Å². The van der Waals surface area contributed by atoms with Crippen LogP contribution in [0.5, 0.6) is 0 Å². The number of amides is 2. The predicted octanol–water partition coefficient (Wildman–Crippen LogP) is 6.71. The molecule has 0 bridgehead atoms. The molecule has 0 radical (unpaired) electrons. The molecule has 1 fully saturated rings. The fraction of sp³-hybridized carbons (Fsp3) is 0.419. The fourth-order valence-corrected chi connectivity index (χ4v) is 6.40. The lowest BCUT2D eigenvalue weighted by Crippen LogP contribution is -2.56. The number of allylic oxidation sites excluding steroid dienone is 3. The van der Waals surface area contributed by atoms with E-state index in [4.69, 9.17) is 0 Å². The second-order valence-corrected chi connectivity index (χ2v) is 11.3. The predicted molar refractivity (Wildman–Crippen MR) is 143 cm³/mol. The quantitative estimate of drug-likeness (QED) is 0.456. The lowest BCUT2D eigenvalue weighted by molar-refractivity contribution is -0.128. The molecule has 1 atom stereocenters. The molecule has 5 rings (SSSR count). The minimum Gasteiger partial charge on any atom is -0.465 e. The highest BCUT2D eigenvalue weighted by Gasteiger charge is 2.43. The van der Waals surface area contributed by atoms with Gasteiger partial charge in [-0.2, -0.15) is 0 Å². The SMILES string of the molecule is CC1=C(C=CC(=O)N2CCN(C(=O)O)C(CC3c4ccccc4-c4ccccc43)C2)C(C)(C)CCC1(F)F. The van der Waals surface area contributed by atoms with Crippen LogP contribution in [0.15, 0.2) is 71.8 Å². The van der Waals surface area contributed by atoms with Crippen LogP contribution in [0.1, 0.15) is 57.1 Å². The Morgan fingerprint density at radius 1 is 1.00 bits per heavy atom. The smallest absolute Gasteiger partial charge is 0.407 e. The summed E-state index contributed by atoms with van der Waals surface area (Å²) in [5, 5.41) is 9.94. The molecule has 1 heterocycles. The zero-order valence-corrected chi connectivity index (χ0v) is 22.1. The molecule has 1 N–H and O–H groups in total. The van der Waals surface area contributed by atoms with E-state index in [-0.39, 0.29) is 49.5 Å². The highest BCUT2D eigenvalue weighted by Crippen LogP contribution is 2.48. The van der Waals surface area contributed by atoms with Crippen molar-refractivity contribution in [1.82, 2.24) is 9.80 Å². The van der Waals surface area contributed by atoms with Gasteiger partial charge in [0, 0.05) is 38.0 Å². The van der Waals surface area contributed by atoms with E-state index in [9.17, 15) is 23.5 Å². The summed E-state index contributed by atoms with van der Waals surface area (Å²) < 4.78 is 28.8. The number of alkyl halides is 2. The van der Waals surface area contributed by atoms with Gasteiger partial charge in [0.15, 0.2) is 0 Å². The highest BCUT2D eigenvalue weighted by atomic mass is 19.3. The molecular formula is C31H34F2N2O3. The zero-order valence-electron chi connectivity index (χ0n) is 22.1. The summed E-state index contributed by atoms with van der Waals surface area (Å²) in [4.78, 5) is 28.5. The minimum atomic E-state index is -2.87. The third-order valence-electron chi connectivity index (χ3n) is 8.65. The number of hydrogen-bond donors (Lipinski definition) is 1. The van der Waals surface area contributed by atoms with Crippen LogP contribution in [0.2, 0.25) is 0 Å². The summed E-state index contributed by atoms with van der Waals surface area (Å²) in [5.74, 6) is -3.13. The van der Waals surface area contributed by atoms with Gasteiger partial charge in [-0.3, -0.25) is 4.79 Å². The molecular weight excluding hydrogens is 486 g/mol. The third kappa shape index (κ3) is 4.63. The zero-order chi connectivity index (χ0) is 27.2. The van der Waals surface area contributed by atoms with E-state index < -0.39 is 17.4 Å². The molecule has 1 unspecified atom stereocenters. The number of hydrogen-bond acceptors (Lipinski definition) is 2. The number of rotatable bonds is 4. The summed E-state index contributed by atoms with van der Waals surface area (Å²) in [5.41, 5.74) is 4.74. The van der Waals surface area contributed by atoms with Gasteiger partial charge >= 0.3 is 6.09 Å². The summed E-state index contributed by atoms with van der Waals surface area (Å²) >= 11 is 0. The molecule has 2 aromatic rings.